The Balaban J connectivity index is 2.39. The maximum Gasteiger partial charge on any atom is 0.261 e. The Kier molecular flexibility index (Phi) is 5.14. The number of hydrogen-bond acceptors (Lipinski definition) is 4. The number of rotatable bonds is 5. The summed E-state index contributed by atoms with van der Waals surface area (Å²) in [5.74, 6) is 0.0701. The normalized spacial score (nSPS) is 11.0. The highest BCUT2D eigenvalue weighted by atomic mass is 32.2. The minimum absolute atomic E-state index is 0.0335. The fourth-order valence-electron chi connectivity index (χ4n) is 2.39. The topological polar surface area (TPSA) is 84.5 Å². The molecule has 0 saturated carbocycles. The van der Waals surface area contributed by atoms with Crippen molar-refractivity contribution in [2.45, 2.75) is 25.7 Å². The van der Waals surface area contributed by atoms with Gasteiger partial charge in [-0.1, -0.05) is 6.07 Å². The zero-order valence-electron chi connectivity index (χ0n) is 14.0. The molecule has 1 amide bonds. The molecule has 2 N–H and O–H groups in total. The van der Waals surface area contributed by atoms with E-state index in [9.17, 15) is 13.2 Å². The Morgan fingerprint density at radius 3 is 2.21 bits per heavy atom. The molecule has 0 spiro atoms. The minimum Gasteiger partial charge on any atom is -0.495 e. The molecule has 0 atom stereocenters. The summed E-state index contributed by atoms with van der Waals surface area (Å²) >= 11 is 0. The van der Waals surface area contributed by atoms with Gasteiger partial charge in [-0.2, -0.15) is 0 Å². The van der Waals surface area contributed by atoms with Gasteiger partial charge in [0.1, 0.15) is 5.75 Å². The highest BCUT2D eigenvalue weighted by Crippen LogP contribution is 2.28. The second-order valence-electron chi connectivity index (χ2n) is 5.53. The van der Waals surface area contributed by atoms with Crippen molar-refractivity contribution in [3.8, 4) is 5.75 Å². The standard InChI is InChI=1S/C17H20N2O4S/c1-11-7-12(2)9-14(8-11)19-24(21,22)15-5-6-17(23-4)16(10-15)18-13(3)20/h5-10,19H,1-4H3,(H,18,20). The number of nitrogens with one attached hydrogen (secondary N) is 2. The molecule has 0 bridgehead atoms. The van der Waals surface area contributed by atoms with Gasteiger partial charge in [-0.3, -0.25) is 9.52 Å². The van der Waals surface area contributed by atoms with Crippen LogP contribution in [0.4, 0.5) is 11.4 Å². The van der Waals surface area contributed by atoms with E-state index < -0.39 is 10.0 Å². The van der Waals surface area contributed by atoms with E-state index >= 15 is 0 Å². The first-order valence-corrected chi connectivity index (χ1v) is 8.76. The summed E-state index contributed by atoms with van der Waals surface area (Å²) in [6, 6.07) is 9.76. The summed E-state index contributed by atoms with van der Waals surface area (Å²) in [7, 11) is -2.34. The molecule has 0 aliphatic carbocycles. The van der Waals surface area contributed by atoms with Gasteiger partial charge in [0.05, 0.1) is 17.7 Å². The van der Waals surface area contributed by atoms with E-state index in [1.807, 2.05) is 19.9 Å². The summed E-state index contributed by atoms with van der Waals surface area (Å²) in [6.45, 7) is 5.13. The molecule has 2 aromatic carbocycles. The molecule has 0 fully saturated rings. The Morgan fingerprint density at radius 2 is 1.67 bits per heavy atom. The van der Waals surface area contributed by atoms with Crippen molar-refractivity contribution in [3.63, 3.8) is 0 Å². The van der Waals surface area contributed by atoms with Crippen LogP contribution < -0.4 is 14.8 Å². The second kappa shape index (κ2) is 6.92. The van der Waals surface area contributed by atoms with Crippen LogP contribution in [0.3, 0.4) is 0 Å². The van der Waals surface area contributed by atoms with Gasteiger partial charge in [0.25, 0.3) is 10.0 Å². The van der Waals surface area contributed by atoms with Crippen LogP contribution in [0.15, 0.2) is 41.3 Å². The lowest BCUT2D eigenvalue weighted by Crippen LogP contribution is -2.14. The zero-order valence-corrected chi connectivity index (χ0v) is 14.8. The Labute approximate surface area is 141 Å². The molecule has 0 unspecified atom stereocenters. The molecule has 128 valence electrons. The molecule has 0 heterocycles. The molecule has 0 aromatic heterocycles. The fraction of sp³-hybridized carbons (Fsp3) is 0.235. The Hall–Kier alpha value is -2.54. The second-order valence-corrected chi connectivity index (χ2v) is 7.21. The van der Waals surface area contributed by atoms with E-state index in [4.69, 9.17) is 4.74 Å². The fourth-order valence-corrected chi connectivity index (χ4v) is 3.46. The van der Waals surface area contributed by atoms with Gasteiger partial charge in [-0.15, -0.1) is 0 Å². The van der Waals surface area contributed by atoms with Gasteiger partial charge in [-0.05, 0) is 55.3 Å². The maximum atomic E-state index is 12.6. The third kappa shape index (κ3) is 4.26. The third-order valence-electron chi connectivity index (χ3n) is 3.27. The largest absolute Gasteiger partial charge is 0.495 e. The average molecular weight is 348 g/mol. The molecule has 7 heteroatoms. The van der Waals surface area contributed by atoms with Crippen LogP contribution in [0.25, 0.3) is 0 Å². The first-order valence-electron chi connectivity index (χ1n) is 7.28. The first-order chi connectivity index (χ1) is 11.2. The molecule has 0 aliphatic rings. The molecule has 0 saturated heterocycles. The van der Waals surface area contributed by atoms with Gasteiger partial charge in [0, 0.05) is 12.6 Å². The van der Waals surface area contributed by atoms with Gasteiger partial charge in [0.2, 0.25) is 5.91 Å². The van der Waals surface area contributed by atoms with E-state index in [1.54, 1.807) is 12.1 Å². The predicted molar refractivity (Wildman–Crippen MR) is 94.0 cm³/mol. The highest BCUT2D eigenvalue weighted by molar-refractivity contribution is 7.92. The van der Waals surface area contributed by atoms with Crippen molar-refractivity contribution in [2.24, 2.45) is 0 Å². The molecule has 6 nitrogen and oxygen atoms in total. The van der Waals surface area contributed by atoms with Gasteiger partial charge in [0.15, 0.2) is 0 Å². The van der Waals surface area contributed by atoms with Gasteiger partial charge >= 0.3 is 0 Å². The van der Waals surface area contributed by atoms with Crippen LogP contribution in [0.5, 0.6) is 5.75 Å². The number of anilines is 2. The highest BCUT2D eigenvalue weighted by Gasteiger charge is 2.17. The van der Waals surface area contributed by atoms with E-state index in [0.717, 1.165) is 11.1 Å². The molecule has 24 heavy (non-hydrogen) atoms. The summed E-state index contributed by atoms with van der Waals surface area (Å²) in [4.78, 5) is 11.3. The number of benzene rings is 2. The van der Waals surface area contributed by atoms with Crippen LogP contribution in [0.2, 0.25) is 0 Å². The minimum atomic E-state index is -3.79. The first kappa shape index (κ1) is 17.8. The van der Waals surface area contributed by atoms with Crippen molar-refractivity contribution in [1.82, 2.24) is 0 Å². The molecule has 2 aromatic rings. The van der Waals surface area contributed by atoms with E-state index in [-0.39, 0.29) is 10.8 Å². The lowest BCUT2D eigenvalue weighted by atomic mass is 10.1. The number of aryl methyl sites for hydroxylation is 2. The van der Waals surface area contributed by atoms with Gasteiger partial charge in [-0.25, -0.2) is 8.42 Å². The third-order valence-corrected chi connectivity index (χ3v) is 4.64. The number of methoxy groups -OCH3 is 1. The number of amides is 1. The number of hydrogen-bond donors (Lipinski definition) is 2. The van der Waals surface area contributed by atoms with Crippen LogP contribution >= 0.6 is 0 Å². The van der Waals surface area contributed by atoms with Crippen LogP contribution in [-0.2, 0) is 14.8 Å². The van der Waals surface area contributed by atoms with Crippen molar-refractivity contribution in [1.29, 1.82) is 0 Å². The van der Waals surface area contributed by atoms with Gasteiger partial charge < -0.3 is 10.1 Å². The zero-order chi connectivity index (χ0) is 17.9. The number of carbonyl (C=O) groups excluding carboxylic acids is 1. The van der Waals surface area contributed by atoms with Crippen molar-refractivity contribution < 1.29 is 17.9 Å². The Bertz CT molecular complexity index is 856. The summed E-state index contributed by atoms with van der Waals surface area (Å²) in [6.07, 6.45) is 0. The molecule has 2 rings (SSSR count). The predicted octanol–water partition coefficient (Wildman–Crippen LogP) is 3.07. The number of sulfonamides is 1. The monoisotopic (exact) mass is 348 g/mol. The van der Waals surface area contributed by atoms with Crippen LogP contribution in [0, 0.1) is 13.8 Å². The average Bonchev–Trinajstić information content (AvgIpc) is 2.44. The van der Waals surface area contributed by atoms with Crippen molar-refractivity contribution in [3.05, 3.63) is 47.5 Å². The van der Waals surface area contributed by atoms with E-state index in [0.29, 0.717) is 17.1 Å². The lowest BCUT2D eigenvalue weighted by molar-refractivity contribution is -0.114. The van der Waals surface area contributed by atoms with Crippen molar-refractivity contribution >= 4 is 27.3 Å². The SMILES string of the molecule is COc1ccc(S(=O)(=O)Nc2cc(C)cc(C)c2)cc1NC(C)=O. The summed E-state index contributed by atoms with van der Waals surface area (Å²) < 4.78 is 32.9. The van der Waals surface area contributed by atoms with Crippen molar-refractivity contribution in [2.75, 3.05) is 17.1 Å². The number of carbonyl (C=O) groups is 1. The molecular formula is C17H20N2O4S. The molecular weight excluding hydrogens is 328 g/mol. The lowest BCUT2D eigenvalue weighted by Gasteiger charge is -2.13. The molecule has 0 aliphatic heterocycles. The molecule has 0 radical (unpaired) electrons. The maximum absolute atomic E-state index is 12.6. The number of ether oxygens (including phenoxy) is 1. The summed E-state index contributed by atoms with van der Waals surface area (Å²) in [5, 5.41) is 2.56. The van der Waals surface area contributed by atoms with Crippen LogP contribution in [0.1, 0.15) is 18.1 Å². The smallest absolute Gasteiger partial charge is 0.261 e. The Morgan fingerprint density at radius 1 is 1.04 bits per heavy atom. The van der Waals surface area contributed by atoms with Crippen LogP contribution in [-0.4, -0.2) is 21.4 Å². The quantitative estimate of drug-likeness (QED) is 0.870. The van der Waals surface area contributed by atoms with E-state index in [1.165, 1.54) is 32.2 Å². The van der Waals surface area contributed by atoms with E-state index in [2.05, 4.69) is 10.0 Å². The summed E-state index contributed by atoms with van der Waals surface area (Å²) in [5.41, 5.74) is 2.71.